The second-order valence-corrected chi connectivity index (χ2v) is 4.52. The molecule has 0 saturated heterocycles. The van der Waals surface area contributed by atoms with Crippen molar-refractivity contribution in [3.05, 3.63) is 58.4 Å². The van der Waals surface area contributed by atoms with Crippen LogP contribution in [0.5, 0.6) is 5.75 Å². The number of carbonyl (C=O) groups excluding carboxylic acids is 1. The van der Waals surface area contributed by atoms with Crippen LogP contribution in [0.4, 0.5) is 10.1 Å². The molecule has 0 spiro atoms. The fourth-order valence-corrected chi connectivity index (χ4v) is 1.92. The summed E-state index contributed by atoms with van der Waals surface area (Å²) in [4.78, 5) is 22.7. The van der Waals surface area contributed by atoms with E-state index < -0.39 is 17.7 Å². The minimum absolute atomic E-state index is 0.0521. The number of amides is 1. The lowest BCUT2D eigenvalue weighted by Gasteiger charge is -2.08. The maximum Gasteiger partial charge on any atom is 0.337 e. The Bertz CT molecular complexity index is 733. The number of aromatic carboxylic acids is 1. The molecule has 2 rings (SSSR count). The Balaban J connectivity index is 2.26. The molecule has 0 fully saturated rings. The normalized spacial score (nSPS) is 10.2. The third-order valence-electron chi connectivity index (χ3n) is 2.66. The fraction of sp³-hybridized carbons (Fsp3) is 0. The number of nitrogens with one attached hydrogen (secondary N) is 1. The van der Waals surface area contributed by atoms with E-state index >= 15 is 0 Å². The molecule has 0 aromatic heterocycles. The number of halogens is 2. The highest BCUT2D eigenvalue weighted by molar-refractivity contribution is 6.33. The van der Waals surface area contributed by atoms with Gasteiger partial charge in [-0.15, -0.1) is 0 Å². The fourth-order valence-electron chi connectivity index (χ4n) is 1.65. The summed E-state index contributed by atoms with van der Waals surface area (Å²) in [5.74, 6) is -2.98. The van der Waals surface area contributed by atoms with E-state index in [4.69, 9.17) is 16.7 Å². The number of hydrogen-bond donors (Lipinski definition) is 3. The van der Waals surface area contributed by atoms with Crippen molar-refractivity contribution in [1.82, 2.24) is 0 Å². The number of hydrogen-bond acceptors (Lipinski definition) is 3. The molecular weight excluding hydrogens is 301 g/mol. The predicted molar refractivity (Wildman–Crippen MR) is 74.4 cm³/mol. The van der Waals surface area contributed by atoms with Crippen LogP contribution in [0.1, 0.15) is 20.7 Å². The number of anilines is 1. The summed E-state index contributed by atoms with van der Waals surface area (Å²) >= 11 is 5.77. The summed E-state index contributed by atoms with van der Waals surface area (Å²) in [5, 5.41) is 20.7. The molecule has 108 valence electrons. The molecule has 0 aliphatic heterocycles. The van der Waals surface area contributed by atoms with Gasteiger partial charge in [0.1, 0.15) is 11.6 Å². The third kappa shape index (κ3) is 3.29. The van der Waals surface area contributed by atoms with Crippen LogP contribution in [0.25, 0.3) is 0 Å². The van der Waals surface area contributed by atoms with Gasteiger partial charge in [0, 0.05) is 5.69 Å². The Morgan fingerprint density at radius 2 is 1.81 bits per heavy atom. The van der Waals surface area contributed by atoms with E-state index in [-0.39, 0.29) is 27.6 Å². The van der Waals surface area contributed by atoms with Crippen LogP contribution >= 0.6 is 11.6 Å². The molecule has 21 heavy (non-hydrogen) atoms. The minimum Gasteiger partial charge on any atom is -0.507 e. The number of carboxylic acid groups (broad SMARTS) is 1. The lowest BCUT2D eigenvalue weighted by molar-refractivity contribution is 0.0697. The van der Waals surface area contributed by atoms with E-state index in [2.05, 4.69) is 5.32 Å². The van der Waals surface area contributed by atoms with Gasteiger partial charge in [0.2, 0.25) is 0 Å². The molecule has 0 bridgehead atoms. The molecule has 1 amide bonds. The number of carboxylic acids is 1. The van der Waals surface area contributed by atoms with Crippen LogP contribution in [-0.2, 0) is 0 Å². The van der Waals surface area contributed by atoms with Gasteiger partial charge >= 0.3 is 5.97 Å². The highest BCUT2D eigenvalue weighted by Gasteiger charge is 2.14. The Kier molecular flexibility index (Phi) is 4.09. The highest BCUT2D eigenvalue weighted by atomic mass is 35.5. The summed E-state index contributed by atoms with van der Waals surface area (Å²) in [6.45, 7) is 0. The second-order valence-electron chi connectivity index (χ2n) is 4.12. The van der Waals surface area contributed by atoms with Crippen LogP contribution in [0.3, 0.4) is 0 Å². The van der Waals surface area contributed by atoms with E-state index in [0.29, 0.717) is 0 Å². The molecule has 0 aliphatic rings. The number of carbonyl (C=O) groups is 2. The topological polar surface area (TPSA) is 86.6 Å². The van der Waals surface area contributed by atoms with Crippen molar-refractivity contribution in [3.8, 4) is 5.75 Å². The van der Waals surface area contributed by atoms with E-state index in [1.54, 1.807) is 0 Å². The highest BCUT2D eigenvalue weighted by Crippen LogP contribution is 2.23. The standard InChI is InChI=1S/C14H9ClFNO4/c15-11-6-8(2-3-9(11)14(20)21)17-13(19)10-5-7(16)1-4-12(10)18/h1-6,18H,(H,17,19)(H,20,21). The molecule has 2 aromatic carbocycles. The van der Waals surface area contributed by atoms with Crippen LogP contribution in [0, 0.1) is 5.82 Å². The van der Waals surface area contributed by atoms with E-state index in [1.807, 2.05) is 0 Å². The van der Waals surface area contributed by atoms with Gasteiger partial charge in [-0.05, 0) is 36.4 Å². The van der Waals surface area contributed by atoms with Gasteiger partial charge in [-0.2, -0.15) is 0 Å². The monoisotopic (exact) mass is 309 g/mol. The molecule has 5 nitrogen and oxygen atoms in total. The number of benzene rings is 2. The Hall–Kier alpha value is -2.60. The summed E-state index contributed by atoms with van der Waals surface area (Å²) in [6.07, 6.45) is 0. The zero-order chi connectivity index (χ0) is 15.6. The van der Waals surface area contributed by atoms with Crippen LogP contribution in [-0.4, -0.2) is 22.1 Å². The summed E-state index contributed by atoms with van der Waals surface area (Å²) in [6, 6.07) is 6.78. The first-order valence-corrected chi connectivity index (χ1v) is 6.09. The molecule has 0 heterocycles. The first-order chi connectivity index (χ1) is 9.88. The minimum atomic E-state index is -1.19. The van der Waals surface area contributed by atoms with Crippen LogP contribution in [0.2, 0.25) is 5.02 Å². The molecular formula is C14H9ClFNO4. The summed E-state index contributed by atoms with van der Waals surface area (Å²) in [7, 11) is 0. The number of phenolic OH excluding ortho intramolecular Hbond substituents is 1. The zero-order valence-corrected chi connectivity index (χ0v) is 11.2. The van der Waals surface area contributed by atoms with Gasteiger partial charge in [-0.3, -0.25) is 4.79 Å². The molecule has 0 radical (unpaired) electrons. The van der Waals surface area contributed by atoms with Crippen molar-refractivity contribution in [2.45, 2.75) is 0 Å². The van der Waals surface area contributed by atoms with Gasteiger partial charge < -0.3 is 15.5 Å². The molecule has 0 unspecified atom stereocenters. The van der Waals surface area contributed by atoms with Gasteiger partial charge in [0.25, 0.3) is 5.91 Å². The first-order valence-electron chi connectivity index (χ1n) is 5.71. The quantitative estimate of drug-likeness (QED) is 0.813. The molecule has 2 aromatic rings. The van der Waals surface area contributed by atoms with Crippen LogP contribution in [0.15, 0.2) is 36.4 Å². The van der Waals surface area contributed by atoms with Gasteiger partial charge in [-0.25, -0.2) is 9.18 Å². The van der Waals surface area contributed by atoms with Crippen LogP contribution < -0.4 is 5.32 Å². The maximum atomic E-state index is 13.1. The average Bonchev–Trinajstić information content (AvgIpc) is 2.41. The molecule has 0 aliphatic carbocycles. The first kappa shape index (κ1) is 14.8. The van der Waals surface area contributed by atoms with E-state index in [9.17, 15) is 19.1 Å². The van der Waals surface area contributed by atoms with Gasteiger partial charge in [-0.1, -0.05) is 11.6 Å². The number of phenols is 1. The van der Waals surface area contributed by atoms with Gasteiger partial charge in [0.05, 0.1) is 16.1 Å². The predicted octanol–water partition coefficient (Wildman–Crippen LogP) is 3.14. The Morgan fingerprint density at radius 1 is 1.10 bits per heavy atom. The summed E-state index contributed by atoms with van der Waals surface area (Å²) < 4.78 is 13.1. The van der Waals surface area contributed by atoms with E-state index in [0.717, 1.165) is 18.2 Å². The molecule has 7 heteroatoms. The second kappa shape index (κ2) is 5.80. The lowest BCUT2D eigenvalue weighted by atomic mass is 10.1. The molecule has 3 N–H and O–H groups in total. The van der Waals surface area contributed by atoms with Crippen molar-refractivity contribution in [2.24, 2.45) is 0 Å². The third-order valence-corrected chi connectivity index (χ3v) is 2.97. The van der Waals surface area contributed by atoms with Gasteiger partial charge in [0.15, 0.2) is 0 Å². The Morgan fingerprint density at radius 3 is 2.43 bits per heavy atom. The van der Waals surface area contributed by atoms with Crippen molar-refractivity contribution in [1.29, 1.82) is 0 Å². The molecule has 0 saturated carbocycles. The lowest BCUT2D eigenvalue weighted by Crippen LogP contribution is -2.12. The largest absolute Gasteiger partial charge is 0.507 e. The summed E-state index contributed by atoms with van der Waals surface area (Å²) in [5.41, 5.74) is -0.129. The molecule has 0 atom stereocenters. The van der Waals surface area contributed by atoms with Crippen molar-refractivity contribution < 1.29 is 24.2 Å². The van der Waals surface area contributed by atoms with Crippen molar-refractivity contribution in [3.63, 3.8) is 0 Å². The Labute approximate surface area is 123 Å². The number of aromatic hydroxyl groups is 1. The smallest absolute Gasteiger partial charge is 0.337 e. The van der Waals surface area contributed by atoms with Crippen molar-refractivity contribution in [2.75, 3.05) is 5.32 Å². The SMILES string of the molecule is O=C(Nc1ccc(C(=O)O)c(Cl)c1)c1cc(F)ccc1O. The average molecular weight is 310 g/mol. The van der Waals surface area contributed by atoms with E-state index in [1.165, 1.54) is 18.2 Å². The maximum absolute atomic E-state index is 13.1. The zero-order valence-electron chi connectivity index (χ0n) is 10.4. The van der Waals surface area contributed by atoms with Crippen molar-refractivity contribution >= 4 is 29.2 Å². The number of rotatable bonds is 3.